The molecule has 0 atom stereocenters. The van der Waals surface area contributed by atoms with Crippen LogP contribution in [0.25, 0.3) is 0 Å². The highest BCUT2D eigenvalue weighted by Gasteiger charge is 2.19. The highest BCUT2D eigenvalue weighted by molar-refractivity contribution is 6.34. The number of hydrogen-bond acceptors (Lipinski definition) is 4. The molecule has 0 aliphatic rings. The first-order chi connectivity index (χ1) is 11.4. The summed E-state index contributed by atoms with van der Waals surface area (Å²) in [4.78, 5) is 16.3. The molecule has 2 aromatic heterocycles. The van der Waals surface area contributed by atoms with Crippen LogP contribution in [0.2, 0.25) is 5.02 Å². The van der Waals surface area contributed by atoms with Crippen molar-refractivity contribution in [1.82, 2.24) is 24.5 Å². The number of aromatic nitrogens is 5. The fourth-order valence-electron chi connectivity index (χ4n) is 2.20. The van der Waals surface area contributed by atoms with Crippen molar-refractivity contribution in [2.45, 2.75) is 20.4 Å². The third-order valence-electron chi connectivity index (χ3n) is 3.70. The van der Waals surface area contributed by atoms with E-state index in [0.29, 0.717) is 11.6 Å². The van der Waals surface area contributed by atoms with E-state index in [2.05, 4.69) is 20.5 Å². The third-order valence-corrected chi connectivity index (χ3v) is 4.16. The Labute approximate surface area is 144 Å². The van der Waals surface area contributed by atoms with Crippen molar-refractivity contribution < 1.29 is 4.79 Å². The Kier molecular flexibility index (Phi) is 4.35. The molecule has 0 aliphatic heterocycles. The second-order valence-electron chi connectivity index (χ2n) is 5.58. The molecule has 0 radical (unpaired) electrons. The number of halogens is 1. The molecule has 24 heavy (non-hydrogen) atoms. The van der Waals surface area contributed by atoms with Crippen LogP contribution in [-0.2, 0) is 13.6 Å². The van der Waals surface area contributed by atoms with Crippen LogP contribution in [0, 0.1) is 13.8 Å². The molecule has 0 fully saturated rings. The van der Waals surface area contributed by atoms with Crippen LogP contribution in [0.1, 0.15) is 27.3 Å². The van der Waals surface area contributed by atoms with Crippen LogP contribution in [0.3, 0.4) is 0 Å². The predicted octanol–water partition coefficient (Wildman–Crippen LogP) is 2.58. The molecule has 3 rings (SSSR count). The van der Waals surface area contributed by atoms with E-state index < -0.39 is 5.91 Å². The average Bonchev–Trinajstić information content (AvgIpc) is 3.09. The summed E-state index contributed by atoms with van der Waals surface area (Å²) in [5.41, 5.74) is 3.19. The summed E-state index contributed by atoms with van der Waals surface area (Å²) in [6.45, 7) is 4.41. The number of benzene rings is 1. The van der Waals surface area contributed by atoms with E-state index >= 15 is 0 Å². The molecule has 124 valence electrons. The van der Waals surface area contributed by atoms with Gasteiger partial charge in [0.05, 0.1) is 17.3 Å². The zero-order valence-electron chi connectivity index (χ0n) is 13.6. The predicted molar refractivity (Wildman–Crippen MR) is 91.2 cm³/mol. The molecule has 0 unspecified atom stereocenters. The van der Waals surface area contributed by atoms with Gasteiger partial charge in [-0.15, -0.1) is 5.10 Å². The highest BCUT2D eigenvalue weighted by atomic mass is 35.5. The van der Waals surface area contributed by atoms with Crippen molar-refractivity contribution in [2.24, 2.45) is 7.05 Å². The number of amides is 1. The molecule has 0 spiro atoms. The summed E-state index contributed by atoms with van der Waals surface area (Å²) in [5.74, 6) is -0.219. The summed E-state index contributed by atoms with van der Waals surface area (Å²) in [6, 6.07) is 8.15. The van der Waals surface area contributed by atoms with Crippen LogP contribution in [0.5, 0.6) is 0 Å². The SMILES string of the molecule is Cc1ccc(Cn2cnc(NC(=O)c3nn(C)c(C)c3Cl)n2)cc1. The van der Waals surface area contributed by atoms with Gasteiger partial charge in [0.15, 0.2) is 5.69 Å². The van der Waals surface area contributed by atoms with Crippen LogP contribution in [-0.4, -0.2) is 30.5 Å². The molecule has 8 heteroatoms. The lowest BCUT2D eigenvalue weighted by Crippen LogP contribution is -2.15. The third kappa shape index (κ3) is 3.30. The van der Waals surface area contributed by atoms with Crippen molar-refractivity contribution in [2.75, 3.05) is 5.32 Å². The van der Waals surface area contributed by atoms with E-state index in [1.807, 2.05) is 31.2 Å². The number of carbonyl (C=O) groups is 1. The maximum absolute atomic E-state index is 12.2. The van der Waals surface area contributed by atoms with Crippen molar-refractivity contribution >= 4 is 23.5 Å². The molecule has 1 amide bonds. The summed E-state index contributed by atoms with van der Waals surface area (Å²) in [7, 11) is 1.73. The molecule has 7 nitrogen and oxygen atoms in total. The van der Waals surface area contributed by atoms with E-state index in [0.717, 1.165) is 11.3 Å². The van der Waals surface area contributed by atoms with Crippen LogP contribution >= 0.6 is 11.6 Å². The van der Waals surface area contributed by atoms with E-state index in [9.17, 15) is 4.79 Å². The lowest BCUT2D eigenvalue weighted by atomic mass is 10.1. The van der Waals surface area contributed by atoms with Crippen LogP contribution in [0.4, 0.5) is 5.95 Å². The Hall–Kier alpha value is -2.67. The van der Waals surface area contributed by atoms with E-state index in [1.54, 1.807) is 29.7 Å². The van der Waals surface area contributed by atoms with E-state index in [-0.39, 0.29) is 11.6 Å². The average molecular weight is 345 g/mol. The maximum Gasteiger partial charge on any atom is 0.280 e. The fraction of sp³-hybridized carbons (Fsp3) is 0.250. The zero-order valence-corrected chi connectivity index (χ0v) is 14.4. The quantitative estimate of drug-likeness (QED) is 0.789. The molecule has 0 aliphatic carbocycles. The Morgan fingerprint density at radius 1 is 1.21 bits per heavy atom. The number of anilines is 1. The molecule has 1 N–H and O–H groups in total. The van der Waals surface area contributed by atoms with Gasteiger partial charge in [0.25, 0.3) is 5.91 Å². The summed E-state index contributed by atoms with van der Waals surface area (Å²) < 4.78 is 3.21. The Morgan fingerprint density at radius 2 is 1.92 bits per heavy atom. The van der Waals surface area contributed by atoms with Crippen molar-refractivity contribution in [3.63, 3.8) is 0 Å². The topological polar surface area (TPSA) is 77.6 Å². The Bertz CT molecular complexity index is 881. The first-order valence-corrected chi connectivity index (χ1v) is 7.77. The van der Waals surface area contributed by atoms with Gasteiger partial charge in [-0.25, -0.2) is 9.67 Å². The molecule has 2 heterocycles. The number of nitrogens with zero attached hydrogens (tertiary/aromatic N) is 5. The minimum atomic E-state index is -0.434. The Morgan fingerprint density at radius 3 is 2.54 bits per heavy atom. The number of rotatable bonds is 4. The second kappa shape index (κ2) is 6.45. The first-order valence-electron chi connectivity index (χ1n) is 7.39. The second-order valence-corrected chi connectivity index (χ2v) is 5.96. The van der Waals surface area contributed by atoms with Crippen LogP contribution in [0.15, 0.2) is 30.6 Å². The molecule has 1 aromatic carbocycles. The zero-order chi connectivity index (χ0) is 17.3. The molecule has 0 bridgehead atoms. The van der Waals surface area contributed by atoms with E-state index in [4.69, 9.17) is 11.6 Å². The van der Waals surface area contributed by atoms with Gasteiger partial charge in [-0.05, 0) is 19.4 Å². The van der Waals surface area contributed by atoms with Crippen molar-refractivity contribution in [3.8, 4) is 0 Å². The van der Waals surface area contributed by atoms with Gasteiger partial charge >= 0.3 is 0 Å². The number of hydrogen-bond donors (Lipinski definition) is 1. The van der Waals surface area contributed by atoms with Crippen molar-refractivity contribution in [1.29, 1.82) is 0 Å². The number of nitrogens with one attached hydrogen (secondary N) is 1. The molecule has 0 saturated carbocycles. The molecular formula is C16H17ClN6O. The van der Waals surface area contributed by atoms with Gasteiger partial charge < -0.3 is 0 Å². The summed E-state index contributed by atoms with van der Waals surface area (Å²) >= 11 is 6.11. The summed E-state index contributed by atoms with van der Waals surface area (Å²) in [6.07, 6.45) is 1.57. The normalized spacial score (nSPS) is 10.8. The lowest BCUT2D eigenvalue weighted by Gasteiger charge is -2.01. The summed E-state index contributed by atoms with van der Waals surface area (Å²) in [5, 5.41) is 11.3. The lowest BCUT2D eigenvalue weighted by molar-refractivity contribution is 0.102. The smallest absolute Gasteiger partial charge is 0.280 e. The van der Waals surface area contributed by atoms with Crippen LogP contribution < -0.4 is 5.32 Å². The Balaban J connectivity index is 1.70. The van der Waals surface area contributed by atoms with E-state index in [1.165, 1.54) is 5.56 Å². The monoisotopic (exact) mass is 344 g/mol. The highest BCUT2D eigenvalue weighted by Crippen LogP contribution is 2.19. The molecule has 0 saturated heterocycles. The minimum absolute atomic E-state index is 0.159. The largest absolute Gasteiger partial charge is 0.288 e. The first kappa shape index (κ1) is 16.2. The van der Waals surface area contributed by atoms with Gasteiger partial charge in [-0.2, -0.15) is 5.10 Å². The van der Waals surface area contributed by atoms with Gasteiger partial charge in [0.2, 0.25) is 5.95 Å². The maximum atomic E-state index is 12.2. The number of aryl methyl sites for hydroxylation is 2. The van der Waals surface area contributed by atoms with Crippen molar-refractivity contribution in [3.05, 3.63) is 58.1 Å². The molecular weight excluding hydrogens is 328 g/mol. The van der Waals surface area contributed by atoms with Gasteiger partial charge in [-0.3, -0.25) is 14.8 Å². The van der Waals surface area contributed by atoms with Gasteiger partial charge in [-0.1, -0.05) is 41.4 Å². The van der Waals surface area contributed by atoms with Gasteiger partial charge in [0.1, 0.15) is 6.33 Å². The standard InChI is InChI=1S/C16H17ClN6O/c1-10-4-6-12(7-5-10)8-23-9-18-16(21-23)19-15(24)14-13(17)11(2)22(3)20-14/h4-7,9H,8H2,1-3H3,(H,19,21,24). The minimum Gasteiger partial charge on any atom is -0.288 e. The molecule has 3 aromatic rings. The number of carbonyl (C=O) groups excluding carboxylic acids is 1. The fourth-order valence-corrected chi connectivity index (χ4v) is 2.44. The van der Waals surface area contributed by atoms with Gasteiger partial charge in [0, 0.05) is 7.05 Å².